The number of non-ortho nitro benzene ring substituents is 1. The first-order valence-electron chi connectivity index (χ1n) is 6.17. The summed E-state index contributed by atoms with van der Waals surface area (Å²) < 4.78 is 26.2. The second-order valence-electron chi connectivity index (χ2n) is 4.95. The topological polar surface area (TPSA) is 101 Å². The summed E-state index contributed by atoms with van der Waals surface area (Å²) in [6, 6.07) is 2.44. The van der Waals surface area contributed by atoms with Gasteiger partial charge in [-0.3, -0.25) is 10.1 Å². The lowest BCUT2D eigenvalue weighted by molar-refractivity contribution is -0.385. The summed E-state index contributed by atoms with van der Waals surface area (Å²) in [5.74, 6) is 0. The van der Waals surface area contributed by atoms with E-state index in [-0.39, 0.29) is 23.7 Å². The molecule has 1 saturated heterocycles. The van der Waals surface area contributed by atoms with E-state index in [1.165, 1.54) is 10.4 Å². The fourth-order valence-corrected chi connectivity index (χ4v) is 4.06. The van der Waals surface area contributed by atoms with Crippen LogP contribution in [0.3, 0.4) is 0 Å². The van der Waals surface area contributed by atoms with E-state index < -0.39 is 21.1 Å². The number of β-amino-alcohol motifs (C(OH)–C–C–N with tert-alkyl or cyclic N) is 1. The molecule has 0 saturated carbocycles. The lowest BCUT2D eigenvalue weighted by Crippen LogP contribution is -2.30. The van der Waals surface area contributed by atoms with Crippen molar-refractivity contribution in [1.82, 2.24) is 4.31 Å². The first kappa shape index (κ1) is 14.9. The molecule has 2 rings (SSSR count). The lowest BCUT2D eigenvalue weighted by Gasteiger charge is -2.18. The van der Waals surface area contributed by atoms with Crippen molar-refractivity contribution in [2.75, 3.05) is 13.1 Å². The normalized spacial score (nSPS) is 20.2. The highest BCUT2D eigenvalue weighted by molar-refractivity contribution is 7.89. The SMILES string of the molecule is Cc1cc([N+](=O)[O-])cc(S(=O)(=O)N2CC[C@@H](O)C2)c1C. The molecule has 0 amide bonds. The summed E-state index contributed by atoms with van der Waals surface area (Å²) in [4.78, 5) is 10.2. The summed E-state index contributed by atoms with van der Waals surface area (Å²) in [6.07, 6.45) is -0.295. The largest absolute Gasteiger partial charge is 0.392 e. The third-order valence-corrected chi connectivity index (χ3v) is 5.55. The molecule has 1 heterocycles. The van der Waals surface area contributed by atoms with E-state index in [0.717, 1.165) is 6.07 Å². The number of aryl methyl sites for hydroxylation is 1. The van der Waals surface area contributed by atoms with Crippen molar-refractivity contribution in [2.24, 2.45) is 0 Å². The molecule has 8 heteroatoms. The molecule has 1 N–H and O–H groups in total. The minimum absolute atomic E-state index is 0.0313. The number of hydrogen-bond donors (Lipinski definition) is 1. The van der Waals surface area contributed by atoms with Crippen LogP contribution in [0.4, 0.5) is 5.69 Å². The molecule has 1 aromatic rings. The molecule has 0 aliphatic carbocycles. The van der Waals surface area contributed by atoms with Crippen molar-refractivity contribution in [3.63, 3.8) is 0 Å². The molecule has 0 spiro atoms. The van der Waals surface area contributed by atoms with Crippen LogP contribution in [0.5, 0.6) is 0 Å². The van der Waals surface area contributed by atoms with Gasteiger partial charge in [0.1, 0.15) is 0 Å². The molecule has 0 bridgehead atoms. The van der Waals surface area contributed by atoms with Gasteiger partial charge in [-0.25, -0.2) is 8.42 Å². The third kappa shape index (κ3) is 2.54. The van der Waals surface area contributed by atoms with Crippen molar-refractivity contribution >= 4 is 15.7 Å². The average molecular weight is 300 g/mol. The van der Waals surface area contributed by atoms with E-state index in [1.807, 2.05) is 0 Å². The smallest absolute Gasteiger partial charge is 0.271 e. The Kier molecular flexibility index (Phi) is 3.81. The van der Waals surface area contributed by atoms with Crippen molar-refractivity contribution in [1.29, 1.82) is 0 Å². The molecule has 1 aromatic carbocycles. The van der Waals surface area contributed by atoms with Gasteiger partial charge in [0.2, 0.25) is 10.0 Å². The van der Waals surface area contributed by atoms with Gasteiger partial charge in [-0.15, -0.1) is 0 Å². The van der Waals surface area contributed by atoms with Gasteiger partial charge >= 0.3 is 0 Å². The number of aliphatic hydroxyl groups is 1. The van der Waals surface area contributed by atoms with E-state index in [4.69, 9.17) is 0 Å². The molecule has 20 heavy (non-hydrogen) atoms. The number of nitrogens with zero attached hydrogens (tertiary/aromatic N) is 2. The van der Waals surface area contributed by atoms with Gasteiger partial charge in [0, 0.05) is 25.2 Å². The molecule has 0 aromatic heterocycles. The van der Waals surface area contributed by atoms with Crippen LogP contribution < -0.4 is 0 Å². The highest BCUT2D eigenvalue weighted by Gasteiger charge is 2.33. The number of benzene rings is 1. The van der Waals surface area contributed by atoms with Crippen molar-refractivity contribution in [2.45, 2.75) is 31.3 Å². The quantitative estimate of drug-likeness (QED) is 0.662. The Hall–Kier alpha value is -1.51. The zero-order valence-electron chi connectivity index (χ0n) is 11.2. The minimum Gasteiger partial charge on any atom is -0.392 e. The Morgan fingerprint density at radius 1 is 1.40 bits per heavy atom. The maximum Gasteiger partial charge on any atom is 0.271 e. The fourth-order valence-electron chi connectivity index (χ4n) is 2.25. The standard InChI is InChI=1S/C12H16N2O5S/c1-8-5-10(14(16)17)6-12(9(8)2)20(18,19)13-4-3-11(15)7-13/h5-6,11,15H,3-4,7H2,1-2H3/t11-/m1/s1. The zero-order valence-corrected chi connectivity index (χ0v) is 12.1. The third-order valence-electron chi connectivity index (χ3n) is 3.56. The van der Waals surface area contributed by atoms with Crippen LogP contribution in [-0.4, -0.2) is 41.9 Å². The summed E-state index contributed by atoms with van der Waals surface area (Å²) in [5.41, 5.74) is 0.806. The molecule has 1 atom stereocenters. The van der Waals surface area contributed by atoms with Crippen molar-refractivity contribution in [3.05, 3.63) is 33.4 Å². The van der Waals surface area contributed by atoms with Gasteiger partial charge in [0.15, 0.2) is 0 Å². The van der Waals surface area contributed by atoms with Crippen LogP contribution in [-0.2, 0) is 10.0 Å². The lowest BCUT2D eigenvalue weighted by atomic mass is 10.1. The number of rotatable bonds is 3. The van der Waals surface area contributed by atoms with Crippen LogP contribution in [0.15, 0.2) is 17.0 Å². The fraction of sp³-hybridized carbons (Fsp3) is 0.500. The second kappa shape index (κ2) is 5.12. The first-order chi connectivity index (χ1) is 9.23. The maximum atomic E-state index is 12.5. The molecule has 7 nitrogen and oxygen atoms in total. The molecule has 1 aliphatic rings. The Morgan fingerprint density at radius 2 is 2.05 bits per heavy atom. The van der Waals surface area contributed by atoms with E-state index in [1.54, 1.807) is 13.8 Å². The number of hydrogen-bond acceptors (Lipinski definition) is 5. The van der Waals surface area contributed by atoms with Crippen molar-refractivity contribution < 1.29 is 18.4 Å². The van der Waals surface area contributed by atoms with E-state index in [9.17, 15) is 23.6 Å². The summed E-state index contributed by atoms with van der Waals surface area (Å²) in [5, 5.41) is 20.3. The van der Waals surface area contributed by atoms with E-state index in [0.29, 0.717) is 17.5 Å². The number of sulfonamides is 1. The van der Waals surface area contributed by atoms with Crippen LogP contribution in [0.1, 0.15) is 17.5 Å². The van der Waals surface area contributed by atoms with Crippen LogP contribution in [0, 0.1) is 24.0 Å². The van der Waals surface area contributed by atoms with Gasteiger partial charge in [-0.05, 0) is 31.4 Å². The predicted octanol–water partition coefficient (Wildman–Crippen LogP) is 0.967. The van der Waals surface area contributed by atoms with Crippen LogP contribution >= 0.6 is 0 Å². The summed E-state index contributed by atoms with van der Waals surface area (Å²) in [7, 11) is -3.81. The first-order valence-corrected chi connectivity index (χ1v) is 7.61. The van der Waals surface area contributed by atoms with Gasteiger partial charge in [0.25, 0.3) is 5.69 Å². The Morgan fingerprint density at radius 3 is 2.55 bits per heavy atom. The van der Waals surface area contributed by atoms with Gasteiger partial charge in [0.05, 0.1) is 15.9 Å². The number of nitro benzene ring substituents is 1. The molecule has 1 aliphatic heterocycles. The minimum atomic E-state index is -3.81. The van der Waals surface area contributed by atoms with Gasteiger partial charge in [-0.1, -0.05) is 0 Å². The van der Waals surface area contributed by atoms with Crippen molar-refractivity contribution in [3.8, 4) is 0 Å². The highest BCUT2D eigenvalue weighted by Crippen LogP contribution is 2.29. The van der Waals surface area contributed by atoms with Crippen LogP contribution in [0.2, 0.25) is 0 Å². The van der Waals surface area contributed by atoms with E-state index in [2.05, 4.69) is 0 Å². The Bertz CT molecular complexity index is 656. The molecule has 110 valence electrons. The predicted molar refractivity (Wildman–Crippen MR) is 72.0 cm³/mol. The monoisotopic (exact) mass is 300 g/mol. The molecular weight excluding hydrogens is 284 g/mol. The summed E-state index contributed by atoms with van der Waals surface area (Å²) >= 11 is 0. The number of aliphatic hydroxyl groups excluding tert-OH is 1. The zero-order chi connectivity index (χ0) is 15.1. The molecule has 0 unspecified atom stereocenters. The summed E-state index contributed by atoms with van der Waals surface area (Å²) in [6.45, 7) is 3.52. The average Bonchev–Trinajstić information content (AvgIpc) is 2.79. The van der Waals surface area contributed by atoms with Gasteiger partial charge in [-0.2, -0.15) is 4.31 Å². The Balaban J connectivity index is 2.54. The maximum absolute atomic E-state index is 12.5. The van der Waals surface area contributed by atoms with Gasteiger partial charge < -0.3 is 5.11 Å². The van der Waals surface area contributed by atoms with E-state index >= 15 is 0 Å². The van der Waals surface area contributed by atoms with Crippen LogP contribution in [0.25, 0.3) is 0 Å². The number of nitro groups is 1. The Labute approximate surface area is 117 Å². The highest BCUT2D eigenvalue weighted by atomic mass is 32.2. The second-order valence-corrected chi connectivity index (χ2v) is 6.85. The molecule has 0 radical (unpaired) electrons. The molecular formula is C12H16N2O5S. The molecule has 1 fully saturated rings.